The average molecular weight is 502 g/mol. The monoisotopic (exact) mass is 501 g/mol. The molecule has 2 amide bonds. The quantitative estimate of drug-likeness (QED) is 0.692. The third-order valence-electron chi connectivity index (χ3n) is 7.80. The van der Waals surface area contributed by atoms with Gasteiger partial charge in [-0.15, -0.1) is 0 Å². The molecule has 11 heteroatoms. The zero-order chi connectivity index (χ0) is 25.2. The highest BCUT2D eigenvalue weighted by Gasteiger charge is 2.58. The van der Waals surface area contributed by atoms with E-state index in [1.54, 1.807) is 9.80 Å². The third-order valence-corrected chi connectivity index (χ3v) is 7.80. The van der Waals surface area contributed by atoms with Crippen molar-refractivity contribution >= 4 is 17.8 Å². The number of rotatable bonds is 4. The molecular formula is C25H26F3N5O3. The molecule has 1 aromatic carbocycles. The first-order chi connectivity index (χ1) is 17.2. The standard InChI is InChI=1S/C25H26F3N5O3/c1-24(4-5-24)31-21(34)20-17(28)13-29-23(30-20)32-8-6-25(7-9-32)22(35)33-18(2-3-19(33)36-25)14-10-15(26)12-16(27)11-14/h10-13,18-19H,2-9H2,1H3,(H,31,34)/t18-,19+/m0/s1. The molecule has 1 spiro atoms. The summed E-state index contributed by atoms with van der Waals surface area (Å²) in [6.45, 7) is 2.64. The van der Waals surface area contributed by atoms with Gasteiger partial charge in [-0.3, -0.25) is 9.59 Å². The SMILES string of the molecule is CC1(NC(=O)c2nc(N3CCC4(CC3)O[C@@H]3CC[C@@H](c5cc(F)cc(F)c5)N3C4=O)ncc2F)CC1. The van der Waals surface area contributed by atoms with Gasteiger partial charge in [0.1, 0.15) is 17.9 Å². The van der Waals surface area contributed by atoms with Gasteiger partial charge in [-0.05, 0) is 50.3 Å². The summed E-state index contributed by atoms with van der Waals surface area (Å²) in [7, 11) is 0. The fourth-order valence-corrected chi connectivity index (χ4v) is 5.52. The number of hydrogen-bond donors (Lipinski definition) is 1. The molecule has 4 aliphatic rings. The van der Waals surface area contributed by atoms with E-state index < -0.39 is 41.2 Å². The number of nitrogens with zero attached hydrogens (tertiary/aromatic N) is 4. The van der Waals surface area contributed by atoms with Crippen molar-refractivity contribution in [3.63, 3.8) is 0 Å². The van der Waals surface area contributed by atoms with Gasteiger partial charge in [0, 0.05) is 37.5 Å². The van der Waals surface area contributed by atoms with Crippen molar-refractivity contribution < 1.29 is 27.5 Å². The van der Waals surface area contributed by atoms with E-state index in [1.165, 1.54) is 12.1 Å². The maximum Gasteiger partial charge on any atom is 0.273 e. The third kappa shape index (κ3) is 3.89. The Morgan fingerprint density at radius 3 is 2.44 bits per heavy atom. The molecule has 0 unspecified atom stereocenters. The molecule has 8 nitrogen and oxygen atoms in total. The summed E-state index contributed by atoms with van der Waals surface area (Å²) in [4.78, 5) is 37.8. The molecule has 0 radical (unpaired) electrons. The number of fused-ring (bicyclic) bond motifs is 1. The molecule has 1 aromatic heterocycles. The van der Waals surface area contributed by atoms with Crippen molar-refractivity contribution in [3.8, 4) is 0 Å². The minimum Gasteiger partial charge on any atom is -0.345 e. The molecule has 1 aliphatic carbocycles. The van der Waals surface area contributed by atoms with E-state index in [0.717, 1.165) is 25.1 Å². The number of aromatic nitrogens is 2. The summed E-state index contributed by atoms with van der Waals surface area (Å²) in [5.74, 6) is -2.68. The molecule has 2 atom stereocenters. The maximum atomic E-state index is 14.3. The van der Waals surface area contributed by atoms with Crippen molar-refractivity contribution in [2.75, 3.05) is 18.0 Å². The minimum absolute atomic E-state index is 0.183. The number of piperidine rings is 1. The first-order valence-electron chi connectivity index (χ1n) is 12.2. The number of benzene rings is 1. The highest BCUT2D eigenvalue weighted by molar-refractivity contribution is 5.93. The lowest BCUT2D eigenvalue weighted by molar-refractivity contribution is -0.140. The number of hydrogen-bond acceptors (Lipinski definition) is 6. The number of ether oxygens (including phenoxy) is 1. The number of halogens is 3. The molecule has 1 saturated carbocycles. The molecular weight excluding hydrogens is 475 g/mol. The van der Waals surface area contributed by atoms with Gasteiger partial charge in [-0.1, -0.05) is 0 Å². The van der Waals surface area contributed by atoms with E-state index in [1.807, 2.05) is 6.92 Å². The van der Waals surface area contributed by atoms with Crippen LogP contribution in [-0.2, 0) is 9.53 Å². The van der Waals surface area contributed by atoms with Gasteiger partial charge in [0.05, 0.1) is 12.2 Å². The van der Waals surface area contributed by atoms with Crippen LogP contribution in [0.5, 0.6) is 0 Å². The van der Waals surface area contributed by atoms with Crippen LogP contribution in [0.3, 0.4) is 0 Å². The number of amides is 2. The van der Waals surface area contributed by atoms with Crippen LogP contribution in [0, 0.1) is 17.5 Å². The summed E-state index contributed by atoms with van der Waals surface area (Å²) < 4.78 is 48.2. The Kier molecular flexibility index (Phi) is 5.26. The van der Waals surface area contributed by atoms with E-state index >= 15 is 0 Å². The number of carbonyl (C=O) groups is 2. The first kappa shape index (κ1) is 23.2. The van der Waals surface area contributed by atoms with Crippen LogP contribution < -0.4 is 10.2 Å². The van der Waals surface area contributed by atoms with Crippen LogP contribution in [0.2, 0.25) is 0 Å². The van der Waals surface area contributed by atoms with Gasteiger partial charge in [0.15, 0.2) is 17.1 Å². The van der Waals surface area contributed by atoms with Crippen LogP contribution in [0.25, 0.3) is 0 Å². The van der Waals surface area contributed by atoms with Crippen molar-refractivity contribution in [2.24, 2.45) is 0 Å². The molecule has 4 heterocycles. The van der Waals surface area contributed by atoms with Gasteiger partial charge in [0.25, 0.3) is 11.8 Å². The Morgan fingerprint density at radius 2 is 1.78 bits per heavy atom. The molecule has 190 valence electrons. The van der Waals surface area contributed by atoms with E-state index in [4.69, 9.17) is 4.74 Å². The second-order valence-corrected chi connectivity index (χ2v) is 10.4. The normalized spacial score (nSPS) is 25.8. The predicted octanol–water partition coefficient (Wildman–Crippen LogP) is 3.24. The zero-order valence-electron chi connectivity index (χ0n) is 19.8. The molecule has 1 N–H and O–H groups in total. The number of carbonyl (C=O) groups excluding carboxylic acids is 2. The van der Waals surface area contributed by atoms with Gasteiger partial charge in [-0.25, -0.2) is 23.1 Å². The fourth-order valence-electron chi connectivity index (χ4n) is 5.52. The molecule has 36 heavy (non-hydrogen) atoms. The number of nitrogens with one attached hydrogen (secondary N) is 1. The van der Waals surface area contributed by atoms with Crippen molar-refractivity contribution in [2.45, 2.75) is 68.9 Å². The van der Waals surface area contributed by atoms with Crippen molar-refractivity contribution in [3.05, 3.63) is 53.1 Å². The second kappa shape index (κ2) is 8.16. The molecule has 3 saturated heterocycles. The molecule has 6 rings (SSSR count). The minimum atomic E-state index is -1.04. The molecule has 3 aliphatic heterocycles. The van der Waals surface area contributed by atoms with Gasteiger partial charge >= 0.3 is 0 Å². The largest absolute Gasteiger partial charge is 0.345 e. The van der Waals surface area contributed by atoms with E-state index in [0.29, 0.717) is 44.3 Å². The summed E-state index contributed by atoms with van der Waals surface area (Å²) in [5.41, 5.74) is -1.22. The highest BCUT2D eigenvalue weighted by atomic mass is 19.1. The van der Waals surface area contributed by atoms with Crippen molar-refractivity contribution in [1.29, 1.82) is 0 Å². The fraction of sp³-hybridized carbons (Fsp3) is 0.520. The van der Waals surface area contributed by atoms with Crippen LogP contribution in [0.1, 0.15) is 67.5 Å². The lowest BCUT2D eigenvalue weighted by Crippen LogP contribution is -2.51. The van der Waals surface area contributed by atoms with Gasteiger partial charge in [-0.2, -0.15) is 0 Å². The van der Waals surface area contributed by atoms with Crippen LogP contribution in [-0.4, -0.2) is 57.1 Å². The van der Waals surface area contributed by atoms with Gasteiger partial charge < -0.3 is 19.9 Å². The number of anilines is 1. The van der Waals surface area contributed by atoms with Crippen LogP contribution in [0.15, 0.2) is 24.4 Å². The Morgan fingerprint density at radius 1 is 1.08 bits per heavy atom. The smallest absolute Gasteiger partial charge is 0.273 e. The predicted molar refractivity (Wildman–Crippen MR) is 121 cm³/mol. The Bertz CT molecular complexity index is 1230. The Labute approximate surface area is 205 Å². The van der Waals surface area contributed by atoms with Crippen LogP contribution in [0.4, 0.5) is 19.1 Å². The highest BCUT2D eigenvalue weighted by Crippen LogP contribution is 2.48. The summed E-state index contributed by atoms with van der Waals surface area (Å²) in [5, 5.41) is 2.81. The lowest BCUT2D eigenvalue weighted by atomic mass is 9.89. The summed E-state index contributed by atoms with van der Waals surface area (Å²) in [6.07, 6.45) is 4.08. The topological polar surface area (TPSA) is 87.7 Å². The van der Waals surface area contributed by atoms with Crippen molar-refractivity contribution in [1.82, 2.24) is 20.2 Å². The zero-order valence-corrected chi connectivity index (χ0v) is 19.8. The summed E-state index contributed by atoms with van der Waals surface area (Å²) >= 11 is 0. The lowest BCUT2D eigenvalue weighted by Gasteiger charge is -2.37. The maximum absolute atomic E-state index is 14.3. The molecule has 0 bridgehead atoms. The molecule has 4 fully saturated rings. The summed E-state index contributed by atoms with van der Waals surface area (Å²) in [6, 6.07) is 2.90. The Hall–Kier alpha value is -3.21. The van der Waals surface area contributed by atoms with E-state index in [2.05, 4.69) is 15.3 Å². The molecule has 2 aromatic rings. The first-order valence-corrected chi connectivity index (χ1v) is 12.2. The average Bonchev–Trinajstić information content (AvgIpc) is 3.31. The van der Waals surface area contributed by atoms with Gasteiger partial charge in [0.2, 0.25) is 5.95 Å². The second-order valence-electron chi connectivity index (χ2n) is 10.4. The Balaban J connectivity index is 1.17. The van der Waals surface area contributed by atoms with E-state index in [-0.39, 0.29) is 23.1 Å². The van der Waals surface area contributed by atoms with Crippen LogP contribution >= 0.6 is 0 Å². The van der Waals surface area contributed by atoms with E-state index in [9.17, 15) is 22.8 Å².